The number of imide groups is 1. The number of hydrogen-bond donors (Lipinski definition) is 2. The first kappa shape index (κ1) is 23.8. The second-order valence-electron chi connectivity index (χ2n) is 7.71. The summed E-state index contributed by atoms with van der Waals surface area (Å²) in [6, 6.07) is 16.7. The molecule has 0 aliphatic carbocycles. The third-order valence-electron chi connectivity index (χ3n) is 5.26. The molecule has 9 heteroatoms. The molecule has 0 atom stereocenters. The summed E-state index contributed by atoms with van der Waals surface area (Å²) in [5.74, 6) is -1.59. The Balaban J connectivity index is 1.58. The van der Waals surface area contributed by atoms with Crippen molar-refractivity contribution >= 4 is 69.6 Å². The maximum atomic E-state index is 13.0. The molecular weight excluding hydrogens is 497 g/mol. The van der Waals surface area contributed by atoms with Gasteiger partial charge in [0.15, 0.2) is 0 Å². The van der Waals surface area contributed by atoms with Crippen LogP contribution in [0.3, 0.4) is 0 Å². The minimum absolute atomic E-state index is 0.0580. The molecule has 1 heterocycles. The highest BCUT2D eigenvalue weighted by molar-refractivity contribution is 6.53. The monoisotopic (exact) mass is 513 g/mol. The molecule has 34 heavy (non-hydrogen) atoms. The summed E-state index contributed by atoms with van der Waals surface area (Å²) >= 11 is 18.2. The lowest BCUT2D eigenvalue weighted by Crippen LogP contribution is -2.32. The molecule has 3 amide bonds. The van der Waals surface area contributed by atoms with Gasteiger partial charge in [-0.15, -0.1) is 0 Å². The zero-order valence-corrected chi connectivity index (χ0v) is 20.3. The number of hydrogen-bond acceptors (Lipinski definition) is 4. The molecule has 0 saturated heterocycles. The summed E-state index contributed by atoms with van der Waals surface area (Å²) in [5.41, 5.74) is 3.36. The molecule has 0 spiro atoms. The molecule has 1 aliphatic heterocycles. The maximum Gasteiger partial charge on any atom is 0.283 e. The van der Waals surface area contributed by atoms with Gasteiger partial charge < -0.3 is 10.6 Å². The van der Waals surface area contributed by atoms with E-state index in [0.29, 0.717) is 32.7 Å². The number of halogens is 3. The average Bonchev–Trinajstić information content (AvgIpc) is 3.01. The number of benzene rings is 3. The SMILES string of the molecule is Cc1ccc(N2C(=O)C(Cl)=C(Nc3cc(C(=O)Nc4ccc(Cl)c(Cl)c4)ccc3C)C2=O)cc1. The van der Waals surface area contributed by atoms with E-state index < -0.39 is 17.7 Å². The van der Waals surface area contributed by atoms with Crippen LogP contribution in [0, 0.1) is 13.8 Å². The van der Waals surface area contributed by atoms with E-state index in [1.165, 1.54) is 0 Å². The molecule has 1 aliphatic rings. The third-order valence-corrected chi connectivity index (χ3v) is 6.35. The van der Waals surface area contributed by atoms with Crippen molar-refractivity contribution in [2.24, 2.45) is 0 Å². The second kappa shape index (κ2) is 9.50. The van der Waals surface area contributed by atoms with Crippen LogP contribution in [0.2, 0.25) is 10.0 Å². The highest BCUT2D eigenvalue weighted by Crippen LogP contribution is 2.31. The van der Waals surface area contributed by atoms with Gasteiger partial charge in [0.2, 0.25) is 0 Å². The first-order valence-electron chi connectivity index (χ1n) is 10.1. The molecule has 6 nitrogen and oxygen atoms in total. The Morgan fingerprint density at radius 1 is 0.824 bits per heavy atom. The fourth-order valence-corrected chi connectivity index (χ4v) is 3.86. The summed E-state index contributed by atoms with van der Waals surface area (Å²) in [6.45, 7) is 3.71. The molecule has 4 rings (SSSR count). The van der Waals surface area contributed by atoms with Gasteiger partial charge in [0, 0.05) is 16.9 Å². The van der Waals surface area contributed by atoms with Crippen LogP contribution in [-0.2, 0) is 9.59 Å². The fourth-order valence-electron chi connectivity index (χ4n) is 3.35. The molecule has 0 fully saturated rings. The molecule has 3 aromatic rings. The van der Waals surface area contributed by atoms with Crippen molar-refractivity contribution in [3.8, 4) is 0 Å². The average molecular weight is 515 g/mol. The fraction of sp³-hybridized carbons (Fsp3) is 0.0800. The molecule has 2 N–H and O–H groups in total. The van der Waals surface area contributed by atoms with Crippen molar-refractivity contribution in [1.29, 1.82) is 0 Å². The smallest absolute Gasteiger partial charge is 0.283 e. The normalized spacial score (nSPS) is 13.5. The maximum absolute atomic E-state index is 13.0. The van der Waals surface area contributed by atoms with Crippen molar-refractivity contribution < 1.29 is 14.4 Å². The number of nitrogens with one attached hydrogen (secondary N) is 2. The van der Waals surface area contributed by atoms with Gasteiger partial charge in [0.05, 0.1) is 15.7 Å². The molecule has 0 radical (unpaired) electrons. The van der Waals surface area contributed by atoms with E-state index in [1.807, 2.05) is 6.92 Å². The zero-order valence-electron chi connectivity index (χ0n) is 18.1. The van der Waals surface area contributed by atoms with E-state index in [0.717, 1.165) is 16.0 Å². The number of nitrogens with zero attached hydrogens (tertiary/aromatic N) is 1. The predicted octanol–water partition coefficient (Wildman–Crippen LogP) is 6.30. The van der Waals surface area contributed by atoms with E-state index in [2.05, 4.69) is 10.6 Å². The van der Waals surface area contributed by atoms with Crippen LogP contribution in [0.5, 0.6) is 0 Å². The molecule has 0 saturated carbocycles. The van der Waals surface area contributed by atoms with Crippen LogP contribution in [0.1, 0.15) is 21.5 Å². The standard InChI is InChI=1S/C25H18Cl3N3O3/c1-13-3-8-17(9-4-13)31-24(33)21(28)22(25(31)34)30-20-11-15(6-5-14(20)2)23(32)29-16-7-10-18(26)19(27)12-16/h3-12,30H,1-2H3,(H,29,32). The molecule has 172 valence electrons. The first-order valence-corrected chi connectivity index (χ1v) is 11.3. The van der Waals surface area contributed by atoms with E-state index in [1.54, 1.807) is 67.6 Å². The van der Waals surface area contributed by atoms with Gasteiger partial charge in [-0.1, -0.05) is 58.6 Å². The number of amides is 3. The lowest BCUT2D eigenvalue weighted by Gasteiger charge is -2.16. The van der Waals surface area contributed by atoms with Crippen molar-refractivity contribution in [1.82, 2.24) is 0 Å². The number of anilines is 3. The second-order valence-corrected chi connectivity index (χ2v) is 8.90. The van der Waals surface area contributed by atoms with Gasteiger partial charge in [-0.05, 0) is 61.9 Å². The summed E-state index contributed by atoms with van der Waals surface area (Å²) in [7, 11) is 0. The number of rotatable bonds is 5. The summed E-state index contributed by atoms with van der Waals surface area (Å²) in [4.78, 5) is 39.5. The minimum atomic E-state index is -0.621. The minimum Gasteiger partial charge on any atom is -0.349 e. The van der Waals surface area contributed by atoms with Gasteiger partial charge in [-0.2, -0.15) is 0 Å². The third kappa shape index (κ3) is 4.66. The van der Waals surface area contributed by atoms with Gasteiger partial charge in [0.1, 0.15) is 10.7 Å². The lowest BCUT2D eigenvalue weighted by molar-refractivity contribution is -0.120. The Kier molecular flexibility index (Phi) is 6.66. The predicted molar refractivity (Wildman–Crippen MR) is 136 cm³/mol. The van der Waals surface area contributed by atoms with Crippen LogP contribution in [0.25, 0.3) is 0 Å². The van der Waals surface area contributed by atoms with Crippen LogP contribution < -0.4 is 15.5 Å². The van der Waals surface area contributed by atoms with Gasteiger partial charge in [-0.25, -0.2) is 4.90 Å². The lowest BCUT2D eigenvalue weighted by atomic mass is 10.1. The van der Waals surface area contributed by atoms with E-state index in [-0.39, 0.29) is 10.7 Å². The number of carbonyl (C=O) groups excluding carboxylic acids is 3. The highest BCUT2D eigenvalue weighted by atomic mass is 35.5. The topological polar surface area (TPSA) is 78.5 Å². The van der Waals surface area contributed by atoms with Gasteiger partial charge in [0.25, 0.3) is 17.7 Å². The molecule has 0 bridgehead atoms. The van der Waals surface area contributed by atoms with Crippen molar-refractivity contribution in [3.63, 3.8) is 0 Å². The molecular formula is C25H18Cl3N3O3. The molecule has 0 aromatic heterocycles. The Bertz CT molecular complexity index is 1370. The van der Waals surface area contributed by atoms with Crippen molar-refractivity contribution in [2.45, 2.75) is 13.8 Å². The Morgan fingerprint density at radius 3 is 2.21 bits per heavy atom. The van der Waals surface area contributed by atoms with Crippen molar-refractivity contribution in [2.75, 3.05) is 15.5 Å². The van der Waals surface area contributed by atoms with E-state index in [9.17, 15) is 14.4 Å². The van der Waals surface area contributed by atoms with Crippen LogP contribution in [-0.4, -0.2) is 17.7 Å². The summed E-state index contributed by atoms with van der Waals surface area (Å²) < 4.78 is 0. The summed E-state index contributed by atoms with van der Waals surface area (Å²) in [5, 5.41) is 6.16. The van der Waals surface area contributed by atoms with E-state index >= 15 is 0 Å². The van der Waals surface area contributed by atoms with Crippen LogP contribution in [0.15, 0.2) is 71.4 Å². The van der Waals surface area contributed by atoms with E-state index in [4.69, 9.17) is 34.8 Å². The first-order chi connectivity index (χ1) is 16.2. The Hall–Kier alpha value is -3.32. The zero-order chi connectivity index (χ0) is 24.6. The number of carbonyl (C=O) groups is 3. The quantitative estimate of drug-likeness (QED) is 0.392. The Labute approximate surface area is 211 Å². The largest absolute Gasteiger partial charge is 0.349 e. The molecule has 0 unspecified atom stereocenters. The van der Waals surface area contributed by atoms with Gasteiger partial charge in [-0.3, -0.25) is 14.4 Å². The molecule has 3 aromatic carbocycles. The highest BCUT2D eigenvalue weighted by Gasteiger charge is 2.39. The summed E-state index contributed by atoms with van der Waals surface area (Å²) in [6.07, 6.45) is 0. The van der Waals surface area contributed by atoms with Crippen molar-refractivity contribution in [3.05, 3.63) is 98.1 Å². The number of aryl methyl sites for hydroxylation is 2. The van der Waals surface area contributed by atoms with Gasteiger partial charge >= 0.3 is 0 Å². The van der Waals surface area contributed by atoms with Crippen LogP contribution >= 0.6 is 34.8 Å². The van der Waals surface area contributed by atoms with Crippen LogP contribution in [0.4, 0.5) is 17.1 Å². The Morgan fingerprint density at radius 2 is 1.53 bits per heavy atom.